The summed E-state index contributed by atoms with van der Waals surface area (Å²) in [5.41, 5.74) is -0.785. The Morgan fingerprint density at radius 1 is 1.50 bits per heavy atom. The number of aliphatic carboxylic acids is 1. The number of rotatable bonds is 9. The molecule has 1 saturated heterocycles. The first-order valence-corrected chi connectivity index (χ1v) is 7.80. The van der Waals surface area contributed by atoms with Crippen LogP contribution in [0, 0.1) is 0 Å². The number of nitrogens with one attached hydrogen (secondary N) is 1. The quantitative estimate of drug-likeness (QED) is 0.632. The van der Waals surface area contributed by atoms with E-state index in [1.54, 1.807) is 6.92 Å². The van der Waals surface area contributed by atoms with Gasteiger partial charge in [0.2, 0.25) is 0 Å². The van der Waals surface area contributed by atoms with Gasteiger partial charge in [-0.05, 0) is 52.6 Å². The lowest BCUT2D eigenvalue weighted by Crippen LogP contribution is -2.50. The number of morpholine rings is 1. The molecule has 1 rings (SSSR count). The molecule has 0 aromatic heterocycles. The molecule has 2 N–H and O–H groups in total. The number of nitrogens with zero attached hydrogens (tertiary/aromatic N) is 1. The van der Waals surface area contributed by atoms with Crippen LogP contribution in [0.5, 0.6) is 0 Å². The molecule has 20 heavy (non-hydrogen) atoms. The van der Waals surface area contributed by atoms with Crippen LogP contribution in [0.1, 0.15) is 46.5 Å². The fourth-order valence-electron chi connectivity index (χ4n) is 2.56. The standard InChI is InChI=1S/C15H30N2O3/c1-4-8-16-15(3,14(18)19)7-5-6-9-17-10-11-20-12-13(17)2/h13,16H,4-12H2,1-3H3,(H,18,19). The van der Waals surface area contributed by atoms with Crippen LogP contribution in [-0.2, 0) is 9.53 Å². The van der Waals surface area contributed by atoms with Crippen molar-refractivity contribution in [3.05, 3.63) is 0 Å². The van der Waals surface area contributed by atoms with Crippen molar-refractivity contribution in [2.24, 2.45) is 0 Å². The molecule has 0 radical (unpaired) electrons. The molecule has 0 saturated carbocycles. The zero-order valence-corrected chi connectivity index (χ0v) is 13.2. The minimum atomic E-state index is -0.785. The van der Waals surface area contributed by atoms with Crippen molar-refractivity contribution >= 4 is 5.97 Å². The lowest BCUT2D eigenvalue weighted by atomic mass is 9.94. The average molecular weight is 286 g/mol. The van der Waals surface area contributed by atoms with E-state index in [1.807, 2.05) is 0 Å². The molecule has 2 unspecified atom stereocenters. The smallest absolute Gasteiger partial charge is 0.323 e. The molecule has 1 heterocycles. The number of carbonyl (C=O) groups is 1. The van der Waals surface area contributed by atoms with Gasteiger partial charge in [-0.2, -0.15) is 0 Å². The third kappa shape index (κ3) is 5.38. The zero-order valence-electron chi connectivity index (χ0n) is 13.2. The van der Waals surface area contributed by atoms with Gasteiger partial charge in [-0.25, -0.2) is 0 Å². The second-order valence-corrected chi connectivity index (χ2v) is 5.98. The highest BCUT2D eigenvalue weighted by Crippen LogP contribution is 2.16. The van der Waals surface area contributed by atoms with E-state index >= 15 is 0 Å². The summed E-state index contributed by atoms with van der Waals surface area (Å²) in [4.78, 5) is 13.8. The molecule has 0 amide bonds. The highest BCUT2D eigenvalue weighted by atomic mass is 16.5. The van der Waals surface area contributed by atoms with E-state index in [4.69, 9.17) is 4.74 Å². The van der Waals surface area contributed by atoms with Gasteiger partial charge >= 0.3 is 5.97 Å². The number of ether oxygens (including phenoxy) is 1. The molecule has 5 nitrogen and oxygen atoms in total. The first-order chi connectivity index (χ1) is 9.49. The largest absolute Gasteiger partial charge is 0.480 e. The van der Waals surface area contributed by atoms with Crippen LogP contribution in [0.25, 0.3) is 0 Å². The molecule has 0 bridgehead atoms. The van der Waals surface area contributed by atoms with E-state index in [9.17, 15) is 9.90 Å². The number of hydrogen-bond donors (Lipinski definition) is 2. The summed E-state index contributed by atoms with van der Waals surface area (Å²) in [7, 11) is 0. The van der Waals surface area contributed by atoms with Crippen LogP contribution < -0.4 is 5.32 Å². The van der Waals surface area contributed by atoms with Crippen molar-refractivity contribution in [2.45, 2.75) is 58.0 Å². The fourth-order valence-corrected chi connectivity index (χ4v) is 2.56. The number of carboxylic acid groups (broad SMARTS) is 1. The second kappa shape index (κ2) is 8.60. The predicted molar refractivity (Wildman–Crippen MR) is 80.0 cm³/mol. The van der Waals surface area contributed by atoms with Crippen LogP contribution in [0.3, 0.4) is 0 Å². The Balaban J connectivity index is 2.28. The minimum absolute atomic E-state index is 0.479. The van der Waals surface area contributed by atoms with Crippen LogP contribution in [-0.4, -0.2) is 60.4 Å². The summed E-state index contributed by atoms with van der Waals surface area (Å²) < 4.78 is 5.42. The van der Waals surface area contributed by atoms with E-state index in [0.29, 0.717) is 12.5 Å². The van der Waals surface area contributed by atoms with Gasteiger partial charge in [0, 0.05) is 12.6 Å². The summed E-state index contributed by atoms with van der Waals surface area (Å²) in [6.45, 7) is 10.4. The SMILES string of the molecule is CCCNC(C)(CCCCN1CCOCC1C)C(=O)O. The van der Waals surface area contributed by atoms with Crippen molar-refractivity contribution in [2.75, 3.05) is 32.8 Å². The monoisotopic (exact) mass is 286 g/mol. The summed E-state index contributed by atoms with van der Waals surface area (Å²) in [5.74, 6) is -0.745. The third-order valence-corrected chi connectivity index (χ3v) is 4.11. The molecule has 1 fully saturated rings. The van der Waals surface area contributed by atoms with E-state index in [1.165, 1.54) is 0 Å². The summed E-state index contributed by atoms with van der Waals surface area (Å²) in [6.07, 6.45) is 3.61. The second-order valence-electron chi connectivity index (χ2n) is 5.98. The average Bonchev–Trinajstić information content (AvgIpc) is 2.43. The van der Waals surface area contributed by atoms with Gasteiger partial charge in [-0.3, -0.25) is 9.69 Å². The summed E-state index contributed by atoms with van der Waals surface area (Å²) in [5, 5.41) is 12.5. The van der Waals surface area contributed by atoms with Crippen LogP contribution in [0.4, 0.5) is 0 Å². The third-order valence-electron chi connectivity index (χ3n) is 4.11. The number of carboxylic acids is 1. The van der Waals surface area contributed by atoms with Gasteiger partial charge in [0.25, 0.3) is 0 Å². The molecule has 5 heteroatoms. The molecule has 0 aromatic rings. The molecule has 1 aliphatic heterocycles. The molecular weight excluding hydrogens is 256 g/mol. The Morgan fingerprint density at radius 3 is 2.85 bits per heavy atom. The van der Waals surface area contributed by atoms with Crippen molar-refractivity contribution < 1.29 is 14.6 Å². The topological polar surface area (TPSA) is 61.8 Å². The molecule has 0 aliphatic carbocycles. The van der Waals surface area contributed by atoms with Gasteiger partial charge in [0.1, 0.15) is 5.54 Å². The normalized spacial score (nSPS) is 23.4. The Hall–Kier alpha value is -0.650. The maximum Gasteiger partial charge on any atom is 0.323 e. The number of unbranched alkanes of at least 4 members (excludes halogenated alkanes) is 1. The predicted octanol–water partition coefficient (Wildman–Crippen LogP) is 1.72. The highest BCUT2D eigenvalue weighted by Gasteiger charge is 2.31. The zero-order chi connectivity index (χ0) is 15.0. The molecule has 0 spiro atoms. The van der Waals surface area contributed by atoms with E-state index < -0.39 is 11.5 Å². The maximum atomic E-state index is 11.4. The lowest BCUT2D eigenvalue weighted by molar-refractivity contribution is -0.144. The van der Waals surface area contributed by atoms with Gasteiger partial charge < -0.3 is 15.2 Å². The molecule has 118 valence electrons. The van der Waals surface area contributed by atoms with Crippen LogP contribution >= 0.6 is 0 Å². The molecule has 1 aliphatic rings. The molecule has 2 atom stereocenters. The Labute approximate surface area is 122 Å². The van der Waals surface area contributed by atoms with Crippen molar-refractivity contribution in [1.82, 2.24) is 10.2 Å². The Bertz CT molecular complexity index is 299. The highest BCUT2D eigenvalue weighted by molar-refractivity contribution is 5.78. The van der Waals surface area contributed by atoms with Gasteiger partial charge in [-0.1, -0.05) is 6.92 Å². The first kappa shape index (κ1) is 17.4. The molecular formula is C15H30N2O3. The van der Waals surface area contributed by atoms with Crippen molar-refractivity contribution in [3.63, 3.8) is 0 Å². The fraction of sp³-hybridized carbons (Fsp3) is 0.933. The van der Waals surface area contributed by atoms with Crippen LogP contribution in [0.2, 0.25) is 0 Å². The van der Waals surface area contributed by atoms with Gasteiger partial charge in [-0.15, -0.1) is 0 Å². The summed E-state index contributed by atoms with van der Waals surface area (Å²) >= 11 is 0. The van der Waals surface area contributed by atoms with Crippen LogP contribution in [0.15, 0.2) is 0 Å². The van der Waals surface area contributed by atoms with Gasteiger partial charge in [0.15, 0.2) is 0 Å². The Kier molecular flexibility index (Phi) is 7.48. The maximum absolute atomic E-state index is 11.4. The number of hydrogen-bond acceptors (Lipinski definition) is 4. The van der Waals surface area contributed by atoms with E-state index in [-0.39, 0.29) is 0 Å². The van der Waals surface area contributed by atoms with E-state index in [2.05, 4.69) is 24.1 Å². The van der Waals surface area contributed by atoms with E-state index in [0.717, 1.165) is 52.1 Å². The van der Waals surface area contributed by atoms with Gasteiger partial charge in [0.05, 0.1) is 13.2 Å². The summed E-state index contributed by atoms with van der Waals surface area (Å²) in [6, 6.07) is 0.479. The first-order valence-electron chi connectivity index (χ1n) is 7.80. The van der Waals surface area contributed by atoms with Crippen molar-refractivity contribution in [1.29, 1.82) is 0 Å². The molecule has 0 aromatic carbocycles. The minimum Gasteiger partial charge on any atom is -0.480 e. The lowest BCUT2D eigenvalue weighted by Gasteiger charge is -2.33. The Morgan fingerprint density at radius 2 is 2.25 bits per heavy atom. The van der Waals surface area contributed by atoms with Crippen molar-refractivity contribution in [3.8, 4) is 0 Å².